The fourth-order valence-electron chi connectivity index (χ4n) is 2.33. The van der Waals surface area contributed by atoms with Crippen molar-refractivity contribution in [1.29, 1.82) is 0 Å². The first-order valence-corrected chi connectivity index (χ1v) is 8.51. The molecule has 0 atom stereocenters. The number of hydrogen-bond acceptors (Lipinski definition) is 3. The largest absolute Gasteiger partial charge is 0.421 e. The average Bonchev–Trinajstić information content (AvgIpc) is 2.61. The summed E-state index contributed by atoms with van der Waals surface area (Å²) < 4.78 is 39.0. The van der Waals surface area contributed by atoms with Gasteiger partial charge in [-0.1, -0.05) is 26.0 Å². The second-order valence-corrected chi connectivity index (χ2v) is 6.47. The van der Waals surface area contributed by atoms with E-state index in [1.165, 1.54) is 0 Å². The van der Waals surface area contributed by atoms with E-state index in [2.05, 4.69) is 10.6 Å². The predicted molar refractivity (Wildman–Crippen MR) is 97.5 cm³/mol. The van der Waals surface area contributed by atoms with Crippen LogP contribution in [0.25, 0.3) is 0 Å². The summed E-state index contributed by atoms with van der Waals surface area (Å²) in [4.78, 5) is 35.6. The van der Waals surface area contributed by atoms with Crippen molar-refractivity contribution in [1.82, 2.24) is 9.88 Å². The van der Waals surface area contributed by atoms with Gasteiger partial charge in [-0.3, -0.25) is 14.4 Å². The summed E-state index contributed by atoms with van der Waals surface area (Å²) in [6.07, 6.45) is -3.66. The minimum Gasteiger partial charge on any atom is -0.350 e. The number of pyridine rings is 1. The molecule has 2 rings (SSSR count). The van der Waals surface area contributed by atoms with Gasteiger partial charge >= 0.3 is 6.18 Å². The second-order valence-electron chi connectivity index (χ2n) is 6.47. The highest BCUT2D eigenvalue weighted by atomic mass is 19.4. The van der Waals surface area contributed by atoms with Gasteiger partial charge in [0.25, 0.3) is 5.56 Å². The monoisotopic (exact) mass is 395 g/mol. The third-order valence-corrected chi connectivity index (χ3v) is 3.85. The quantitative estimate of drug-likeness (QED) is 0.789. The number of aromatic nitrogens is 1. The number of carbonyl (C=O) groups is 2. The fraction of sp³-hybridized carbons (Fsp3) is 0.316. The lowest BCUT2D eigenvalue weighted by atomic mass is 10.1. The van der Waals surface area contributed by atoms with Crippen molar-refractivity contribution in [2.75, 3.05) is 5.32 Å². The molecule has 2 amide bonds. The summed E-state index contributed by atoms with van der Waals surface area (Å²) in [5.41, 5.74) is -1.34. The van der Waals surface area contributed by atoms with E-state index in [9.17, 15) is 27.6 Å². The molecule has 1 aromatic carbocycles. The molecule has 9 heteroatoms. The van der Waals surface area contributed by atoms with Crippen LogP contribution in [0.2, 0.25) is 0 Å². The highest BCUT2D eigenvalue weighted by Crippen LogP contribution is 2.25. The van der Waals surface area contributed by atoms with Crippen LogP contribution in [0, 0.1) is 5.92 Å². The minimum absolute atomic E-state index is 0.0952. The molecule has 1 heterocycles. The molecular weight excluding hydrogens is 375 g/mol. The number of amides is 2. The number of halogens is 3. The van der Waals surface area contributed by atoms with Crippen LogP contribution >= 0.6 is 0 Å². The Morgan fingerprint density at radius 1 is 1.14 bits per heavy atom. The van der Waals surface area contributed by atoms with Gasteiger partial charge in [-0.15, -0.1) is 0 Å². The third kappa shape index (κ3) is 5.70. The maximum Gasteiger partial charge on any atom is 0.421 e. The molecule has 0 spiro atoms. The van der Waals surface area contributed by atoms with Crippen LogP contribution in [0.15, 0.2) is 47.4 Å². The number of alkyl halides is 3. The lowest BCUT2D eigenvalue weighted by molar-refractivity contribution is -0.139. The summed E-state index contributed by atoms with van der Waals surface area (Å²) in [6, 6.07) is 8.55. The summed E-state index contributed by atoms with van der Waals surface area (Å²) in [5, 5.41) is 5.28. The fourth-order valence-corrected chi connectivity index (χ4v) is 2.33. The van der Waals surface area contributed by atoms with E-state index in [0.29, 0.717) is 21.9 Å². The molecule has 28 heavy (non-hydrogen) atoms. The number of rotatable bonds is 6. The molecule has 0 aliphatic heterocycles. The molecule has 0 aliphatic carbocycles. The van der Waals surface area contributed by atoms with Crippen molar-refractivity contribution in [2.45, 2.75) is 33.1 Å². The summed E-state index contributed by atoms with van der Waals surface area (Å²) >= 11 is 0. The van der Waals surface area contributed by atoms with Gasteiger partial charge in [0.15, 0.2) is 0 Å². The van der Waals surface area contributed by atoms with Gasteiger partial charge in [0.05, 0.1) is 0 Å². The Kier molecular flexibility index (Phi) is 6.61. The van der Waals surface area contributed by atoms with Gasteiger partial charge in [0.2, 0.25) is 11.8 Å². The molecule has 1 aromatic heterocycles. The summed E-state index contributed by atoms with van der Waals surface area (Å²) in [7, 11) is 0. The lowest BCUT2D eigenvalue weighted by Crippen LogP contribution is -2.34. The van der Waals surface area contributed by atoms with E-state index < -0.39 is 29.8 Å². The van der Waals surface area contributed by atoms with Crippen molar-refractivity contribution in [3.8, 4) is 0 Å². The zero-order valence-electron chi connectivity index (χ0n) is 15.3. The number of nitrogens with zero attached hydrogens (tertiary/aromatic N) is 1. The zero-order valence-corrected chi connectivity index (χ0v) is 15.3. The highest BCUT2D eigenvalue weighted by Gasteiger charge is 2.34. The first-order valence-electron chi connectivity index (χ1n) is 8.51. The maximum absolute atomic E-state index is 12.8. The highest BCUT2D eigenvalue weighted by molar-refractivity contribution is 5.92. The second kappa shape index (κ2) is 8.73. The van der Waals surface area contributed by atoms with Gasteiger partial charge in [-0.25, -0.2) is 0 Å². The number of nitrogens with one attached hydrogen (secondary N) is 2. The molecule has 6 nitrogen and oxygen atoms in total. The van der Waals surface area contributed by atoms with E-state index in [-0.39, 0.29) is 18.4 Å². The topological polar surface area (TPSA) is 80.2 Å². The Morgan fingerprint density at radius 3 is 2.50 bits per heavy atom. The lowest BCUT2D eigenvalue weighted by Gasteiger charge is -2.12. The van der Waals surface area contributed by atoms with Gasteiger partial charge in [0, 0.05) is 24.3 Å². The smallest absolute Gasteiger partial charge is 0.350 e. The number of hydrogen-bond donors (Lipinski definition) is 2. The molecule has 2 aromatic rings. The van der Waals surface area contributed by atoms with E-state index in [4.69, 9.17) is 0 Å². The van der Waals surface area contributed by atoms with E-state index in [0.717, 1.165) is 12.3 Å². The molecule has 150 valence electrons. The van der Waals surface area contributed by atoms with Crippen molar-refractivity contribution < 1.29 is 22.8 Å². The van der Waals surface area contributed by atoms with Crippen molar-refractivity contribution in [3.63, 3.8) is 0 Å². The standard InChI is InChI=1S/C19H20F3N3O3/c1-12(2)17(27)24-14-6-3-5-13(9-14)10-23-16(26)11-25-8-4-7-15(18(25)28)19(20,21)22/h3-9,12H,10-11H2,1-2H3,(H,23,26)(H,24,27). The van der Waals surface area contributed by atoms with Crippen LogP contribution in [0.4, 0.5) is 18.9 Å². The molecule has 0 aliphatic rings. The third-order valence-electron chi connectivity index (χ3n) is 3.85. The van der Waals surface area contributed by atoms with Crippen molar-refractivity contribution >= 4 is 17.5 Å². The SMILES string of the molecule is CC(C)C(=O)Nc1cccc(CNC(=O)Cn2cccc(C(F)(F)F)c2=O)c1. The van der Waals surface area contributed by atoms with Crippen LogP contribution in [0.5, 0.6) is 0 Å². The maximum atomic E-state index is 12.8. The zero-order chi connectivity index (χ0) is 20.9. The molecule has 0 saturated carbocycles. The Bertz CT molecular complexity index is 920. The number of benzene rings is 1. The summed E-state index contributed by atoms with van der Waals surface area (Å²) in [5.74, 6) is -0.947. The molecule has 2 N–H and O–H groups in total. The van der Waals surface area contributed by atoms with Crippen LogP contribution in [-0.2, 0) is 28.9 Å². The van der Waals surface area contributed by atoms with Gasteiger partial charge in [-0.2, -0.15) is 13.2 Å². The summed E-state index contributed by atoms with van der Waals surface area (Å²) in [6.45, 7) is 3.08. The first-order chi connectivity index (χ1) is 13.1. The average molecular weight is 395 g/mol. The minimum atomic E-state index is -4.78. The first kappa shape index (κ1) is 21.2. The molecule has 0 radical (unpaired) electrons. The molecule has 0 fully saturated rings. The van der Waals surface area contributed by atoms with Crippen molar-refractivity contribution in [3.05, 3.63) is 64.1 Å². The van der Waals surface area contributed by atoms with Gasteiger partial charge < -0.3 is 15.2 Å². The normalized spacial score (nSPS) is 11.4. The van der Waals surface area contributed by atoms with Crippen LogP contribution < -0.4 is 16.2 Å². The van der Waals surface area contributed by atoms with E-state index in [1.54, 1.807) is 38.1 Å². The molecule has 0 bridgehead atoms. The number of anilines is 1. The van der Waals surface area contributed by atoms with E-state index >= 15 is 0 Å². The Labute approximate surface area is 159 Å². The van der Waals surface area contributed by atoms with Gasteiger partial charge in [0.1, 0.15) is 12.1 Å². The van der Waals surface area contributed by atoms with Gasteiger partial charge in [-0.05, 0) is 29.8 Å². The molecular formula is C19H20F3N3O3. The Balaban J connectivity index is 2.00. The van der Waals surface area contributed by atoms with E-state index in [1.807, 2.05) is 0 Å². The van der Waals surface area contributed by atoms with Crippen molar-refractivity contribution in [2.24, 2.45) is 5.92 Å². The van der Waals surface area contributed by atoms with Crippen LogP contribution in [-0.4, -0.2) is 16.4 Å². The Morgan fingerprint density at radius 2 is 1.86 bits per heavy atom. The van der Waals surface area contributed by atoms with Crippen LogP contribution in [0.3, 0.4) is 0 Å². The Hall–Kier alpha value is -3.10. The molecule has 0 saturated heterocycles. The van der Waals surface area contributed by atoms with Crippen LogP contribution in [0.1, 0.15) is 25.0 Å². The number of carbonyl (C=O) groups excluding carboxylic acids is 2. The molecule has 0 unspecified atom stereocenters. The predicted octanol–water partition coefficient (Wildman–Crippen LogP) is 2.78.